The molecule has 2 atom stereocenters. The van der Waals surface area contributed by atoms with Crippen LogP contribution in [0.2, 0.25) is 0 Å². The molecule has 4 heteroatoms. The number of hydrogen-bond donors (Lipinski definition) is 1. The van der Waals surface area contributed by atoms with E-state index in [2.05, 4.69) is 17.1 Å². The molecular formula is C11H19N3O. The molecule has 0 aromatic carbocycles. The molecule has 2 unspecified atom stereocenters. The third-order valence-corrected chi connectivity index (χ3v) is 3.14. The van der Waals surface area contributed by atoms with Crippen LogP contribution in [0.1, 0.15) is 50.2 Å². The minimum atomic E-state index is 0.523. The minimum Gasteiger partial charge on any atom is -0.339 e. The van der Waals surface area contributed by atoms with E-state index in [9.17, 15) is 0 Å². The van der Waals surface area contributed by atoms with Crippen LogP contribution in [-0.4, -0.2) is 16.7 Å². The molecule has 1 heterocycles. The lowest BCUT2D eigenvalue weighted by molar-refractivity contribution is 0.367. The van der Waals surface area contributed by atoms with E-state index in [4.69, 9.17) is 10.3 Å². The smallest absolute Gasteiger partial charge is 0.226 e. The first kappa shape index (κ1) is 10.6. The van der Waals surface area contributed by atoms with Gasteiger partial charge in [-0.15, -0.1) is 0 Å². The Morgan fingerprint density at radius 2 is 2.33 bits per heavy atom. The van der Waals surface area contributed by atoms with Gasteiger partial charge in [0.05, 0.1) is 0 Å². The molecule has 0 saturated heterocycles. The van der Waals surface area contributed by atoms with Gasteiger partial charge in [-0.1, -0.05) is 12.1 Å². The molecule has 4 nitrogen and oxygen atoms in total. The zero-order chi connectivity index (χ0) is 10.7. The molecule has 1 saturated carbocycles. The van der Waals surface area contributed by atoms with Crippen LogP contribution in [-0.2, 0) is 6.42 Å². The minimum absolute atomic E-state index is 0.523. The maximum absolute atomic E-state index is 5.43. The zero-order valence-corrected chi connectivity index (χ0v) is 9.28. The summed E-state index contributed by atoms with van der Waals surface area (Å²) in [5, 5.41) is 4.06. The van der Waals surface area contributed by atoms with E-state index < -0.39 is 0 Å². The van der Waals surface area contributed by atoms with Crippen molar-refractivity contribution in [3.05, 3.63) is 11.7 Å². The van der Waals surface area contributed by atoms with Gasteiger partial charge in [0.1, 0.15) is 0 Å². The fraction of sp³-hybridized carbons (Fsp3) is 0.818. The second-order valence-electron chi connectivity index (χ2n) is 4.55. The van der Waals surface area contributed by atoms with Crippen LogP contribution in [0.4, 0.5) is 0 Å². The van der Waals surface area contributed by atoms with E-state index >= 15 is 0 Å². The lowest BCUT2D eigenvalue weighted by Crippen LogP contribution is -2.01. The average Bonchev–Trinajstić information content (AvgIpc) is 2.83. The van der Waals surface area contributed by atoms with Crippen LogP contribution in [0.5, 0.6) is 0 Å². The molecule has 1 aliphatic rings. The van der Waals surface area contributed by atoms with Crippen molar-refractivity contribution in [2.24, 2.45) is 11.7 Å². The quantitative estimate of drug-likeness (QED) is 0.822. The summed E-state index contributed by atoms with van der Waals surface area (Å²) >= 11 is 0. The summed E-state index contributed by atoms with van der Waals surface area (Å²) in [5.74, 6) is 2.98. The van der Waals surface area contributed by atoms with Crippen LogP contribution in [0.25, 0.3) is 0 Å². The van der Waals surface area contributed by atoms with Gasteiger partial charge in [-0.3, -0.25) is 0 Å². The molecule has 84 valence electrons. The van der Waals surface area contributed by atoms with Crippen LogP contribution < -0.4 is 5.73 Å². The number of aromatic nitrogens is 2. The van der Waals surface area contributed by atoms with E-state index in [0.717, 1.165) is 30.5 Å². The highest BCUT2D eigenvalue weighted by atomic mass is 16.5. The molecule has 2 rings (SSSR count). The SMILES string of the molecule is CC1CCC(c2noc(CCCN)n2)C1. The van der Waals surface area contributed by atoms with E-state index in [1.54, 1.807) is 0 Å². The Labute approximate surface area is 90.2 Å². The van der Waals surface area contributed by atoms with E-state index in [1.165, 1.54) is 19.3 Å². The van der Waals surface area contributed by atoms with Crippen molar-refractivity contribution in [2.45, 2.75) is 44.9 Å². The van der Waals surface area contributed by atoms with Gasteiger partial charge < -0.3 is 10.3 Å². The largest absolute Gasteiger partial charge is 0.339 e. The number of nitrogens with zero attached hydrogens (tertiary/aromatic N) is 2. The van der Waals surface area contributed by atoms with E-state index in [1.807, 2.05) is 0 Å². The number of nitrogens with two attached hydrogens (primary N) is 1. The molecule has 0 radical (unpaired) electrons. The molecule has 1 fully saturated rings. The predicted molar refractivity (Wildman–Crippen MR) is 57.4 cm³/mol. The Bertz CT molecular complexity index is 311. The topological polar surface area (TPSA) is 64.9 Å². The highest BCUT2D eigenvalue weighted by Gasteiger charge is 2.26. The summed E-state index contributed by atoms with van der Waals surface area (Å²) in [6.07, 6.45) is 5.43. The van der Waals surface area contributed by atoms with Crippen molar-refractivity contribution in [3.8, 4) is 0 Å². The van der Waals surface area contributed by atoms with Crippen LogP contribution >= 0.6 is 0 Å². The Morgan fingerprint density at radius 3 is 3.00 bits per heavy atom. The Morgan fingerprint density at radius 1 is 1.47 bits per heavy atom. The normalized spacial score (nSPS) is 26.0. The van der Waals surface area contributed by atoms with Gasteiger partial charge >= 0.3 is 0 Å². The molecule has 1 aliphatic carbocycles. The Hall–Kier alpha value is -0.900. The van der Waals surface area contributed by atoms with Gasteiger partial charge in [-0.25, -0.2) is 0 Å². The van der Waals surface area contributed by atoms with Crippen molar-refractivity contribution in [1.29, 1.82) is 0 Å². The number of rotatable bonds is 4. The summed E-state index contributed by atoms with van der Waals surface area (Å²) in [6.45, 7) is 2.97. The monoisotopic (exact) mass is 209 g/mol. The molecule has 0 aliphatic heterocycles. The highest BCUT2D eigenvalue weighted by Crippen LogP contribution is 2.36. The summed E-state index contributed by atoms with van der Waals surface area (Å²) in [6, 6.07) is 0. The zero-order valence-electron chi connectivity index (χ0n) is 9.28. The fourth-order valence-corrected chi connectivity index (χ4v) is 2.23. The van der Waals surface area contributed by atoms with Crippen molar-refractivity contribution >= 4 is 0 Å². The van der Waals surface area contributed by atoms with Gasteiger partial charge in [0, 0.05) is 12.3 Å². The maximum atomic E-state index is 5.43. The summed E-state index contributed by atoms with van der Waals surface area (Å²) in [5.41, 5.74) is 5.43. The molecule has 0 bridgehead atoms. The molecule has 2 N–H and O–H groups in total. The van der Waals surface area contributed by atoms with Gasteiger partial charge in [0.15, 0.2) is 5.82 Å². The Kier molecular flexibility index (Phi) is 3.36. The lowest BCUT2D eigenvalue weighted by Gasteiger charge is -2.01. The van der Waals surface area contributed by atoms with E-state index in [-0.39, 0.29) is 0 Å². The van der Waals surface area contributed by atoms with Crippen molar-refractivity contribution in [1.82, 2.24) is 10.1 Å². The van der Waals surface area contributed by atoms with Crippen LogP contribution in [0.3, 0.4) is 0 Å². The van der Waals surface area contributed by atoms with Crippen LogP contribution in [0.15, 0.2) is 4.52 Å². The highest BCUT2D eigenvalue weighted by molar-refractivity contribution is 4.99. The van der Waals surface area contributed by atoms with Gasteiger partial charge in [0.2, 0.25) is 5.89 Å². The molecule has 1 aromatic heterocycles. The number of hydrogen-bond acceptors (Lipinski definition) is 4. The lowest BCUT2D eigenvalue weighted by atomic mass is 10.1. The predicted octanol–water partition coefficient (Wildman–Crippen LogP) is 1.86. The molecule has 15 heavy (non-hydrogen) atoms. The maximum Gasteiger partial charge on any atom is 0.226 e. The molecule has 0 spiro atoms. The fourth-order valence-electron chi connectivity index (χ4n) is 2.23. The third kappa shape index (κ3) is 2.56. The second kappa shape index (κ2) is 4.75. The van der Waals surface area contributed by atoms with Crippen molar-refractivity contribution in [2.75, 3.05) is 6.54 Å². The Balaban J connectivity index is 1.94. The van der Waals surface area contributed by atoms with E-state index in [0.29, 0.717) is 12.5 Å². The van der Waals surface area contributed by atoms with Gasteiger partial charge in [0.25, 0.3) is 0 Å². The second-order valence-corrected chi connectivity index (χ2v) is 4.55. The third-order valence-electron chi connectivity index (χ3n) is 3.14. The van der Waals surface area contributed by atoms with Gasteiger partial charge in [-0.05, 0) is 38.1 Å². The molecule has 1 aromatic rings. The van der Waals surface area contributed by atoms with Crippen molar-refractivity contribution < 1.29 is 4.52 Å². The first-order valence-corrected chi connectivity index (χ1v) is 5.82. The standard InChI is InChI=1S/C11H19N3O/c1-8-4-5-9(7-8)11-13-10(15-14-11)3-2-6-12/h8-9H,2-7,12H2,1H3. The van der Waals surface area contributed by atoms with Crippen molar-refractivity contribution in [3.63, 3.8) is 0 Å². The first-order chi connectivity index (χ1) is 7.29. The summed E-state index contributed by atoms with van der Waals surface area (Å²) in [7, 11) is 0. The van der Waals surface area contributed by atoms with Crippen LogP contribution in [0, 0.1) is 5.92 Å². The number of aryl methyl sites for hydroxylation is 1. The summed E-state index contributed by atoms with van der Waals surface area (Å²) in [4.78, 5) is 4.43. The molecule has 0 amide bonds. The first-order valence-electron chi connectivity index (χ1n) is 5.82. The summed E-state index contributed by atoms with van der Waals surface area (Å²) < 4.78 is 5.20. The average molecular weight is 209 g/mol. The van der Waals surface area contributed by atoms with Gasteiger partial charge in [-0.2, -0.15) is 4.98 Å². The molecular weight excluding hydrogens is 190 g/mol.